The topological polar surface area (TPSA) is 93.4 Å². The molecule has 0 unspecified atom stereocenters. The van der Waals surface area contributed by atoms with Crippen molar-refractivity contribution in [1.82, 2.24) is 15.1 Å². The van der Waals surface area contributed by atoms with E-state index in [9.17, 15) is 13.2 Å². The molecule has 140 valence electrons. The maximum absolute atomic E-state index is 12.3. The summed E-state index contributed by atoms with van der Waals surface area (Å²) in [5.74, 6) is 0.575. The summed E-state index contributed by atoms with van der Waals surface area (Å²) in [7, 11) is -1.38. The van der Waals surface area contributed by atoms with Crippen molar-refractivity contribution in [2.24, 2.45) is 0 Å². The van der Waals surface area contributed by atoms with Gasteiger partial charge in [0, 0.05) is 18.7 Å². The minimum absolute atomic E-state index is 0.0391. The van der Waals surface area contributed by atoms with Crippen molar-refractivity contribution in [2.45, 2.75) is 31.5 Å². The van der Waals surface area contributed by atoms with Crippen molar-refractivity contribution in [3.63, 3.8) is 0 Å². The molecule has 1 aliphatic heterocycles. The van der Waals surface area contributed by atoms with Gasteiger partial charge in [0.1, 0.15) is 0 Å². The first-order valence-electron chi connectivity index (χ1n) is 8.25. The van der Waals surface area contributed by atoms with Crippen LogP contribution in [0, 0.1) is 13.8 Å². The Labute approximate surface area is 157 Å². The van der Waals surface area contributed by atoms with Gasteiger partial charge in [-0.05, 0) is 43.5 Å². The van der Waals surface area contributed by atoms with E-state index in [1.54, 1.807) is 7.05 Å². The maximum Gasteiger partial charge on any atom is 0.277 e. The van der Waals surface area contributed by atoms with E-state index < -0.39 is 9.84 Å². The van der Waals surface area contributed by atoms with Crippen molar-refractivity contribution in [3.05, 3.63) is 29.3 Å². The molecule has 1 amide bonds. The van der Waals surface area contributed by atoms with Gasteiger partial charge in [-0.2, -0.15) is 0 Å². The van der Waals surface area contributed by atoms with Crippen molar-refractivity contribution in [1.29, 1.82) is 0 Å². The Morgan fingerprint density at radius 1 is 1.31 bits per heavy atom. The molecule has 0 bridgehead atoms. The number of nitrogens with zero attached hydrogens (tertiary/aromatic N) is 3. The predicted molar refractivity (Wildman–Crippen MR) is 99.8 cm³/mol. The quantitative estimate of drug-likeness (QED) is 0.716. The van der Waals surface area contributed by atoms with Crippen LogP contribution in [-0.4, -0.2) is 59.8 Å². The van der Waals surface area contributed by atoms with Gasteiger partial charge >= 0.3 is 0 Å². The van der Waals surface area contributed by atoms with Crippen LogP contribution in [0.1, 0.15) is 17.5 Å². The molecule has 2 aromatic rings. The van der Waals surface area contributed by atoms with Gasteiger partial charge in [0.2, 0.25) is 11.8 Å². The highest BCUT2D eigenvalue weighted by Crippen LogP contribution is 2.25. The van der Waals surface area contributed by atoms with E-state index in [0.717, 1.165) is 22.9 Å². The van der Waals surface area contributed by atoms with Gasteiger partial charge in [0.25, 0.3) is 5.22 Å². The normalized spacial score (nSPS) is 18.8. The average Bonchev–Trinajstić information content (AvgIpc) is 3.21. The van der Waals surface area contributed by atoms with E-state index in [1.807, 2.05) is 32.0 Å². The molecule has 26 heavy (non-hydrogen) atoms. The fourth-order valence-electron chi connectivity index (χ4n) is 2.77. The van der Waals surface area contributed by atoms with Crippen molar-refractivity contribution >= 4 is 27.5 Å². The zero-order valence-electron chi connectivity index (χ0n) is 14.9. The zero-order valence-corrected chi connectivity index (χ0v) is 16.6. The standard InChI is InChI=1S/C17H21N3O4S2/c1-11-4-5-13(8-12(11)2)16-18-19-17(24-16)25-9-15(21)20(3)14-6-7-26(22,23)10-14/h4-5,8,14H,6-7,9-10H2,1-3H3/t14-/m1/s1. The highest BCUT2D eigenvalue weighted by molar-refractivity contribution is 7.99. The SMILES string of the molecule is Cc1ccc(-c2nnc(SCC(=O)N(C)[C@@H]3CCS(=O)(=O)C3)o2)cc1C. The van der Waals surface area contributed by atoms with Gasteiger partial charge in [-0.15, -0.1) is 10.2 Å². The van der Waals surface area contributed by atoms with E-state index in [0.29, 0.717) is 17.5 Å². The number of carbonyl (C=O) groups excluding carboxylic acids is 1. The largest absolute Gasteiger partial charge is 0.411 e. The van der Waals surface area contributed by atoms with Gasteiger partial charge in [0.15, 0.2) is 9.84 Å². The molecule has 1 atom stereocenters. The Morgan fingerprint density at radius 2 is 2.08 bits per heavy atom. The fraction of sp³-hybridized carbons (Fsp3) is 0.471. The average molecular weight is 396 g/mol. The minimum atomic E-state index is -3.02. The number of aromatic nitrogens is 2. The summed E-state index contributed by atoms with van der Waals surface area (Å²) in [6.45, 7) is 4.05. The fourth-order valence-corrected chi connectivity index (χ4v) is 5.23. The van der Waals surface area contributed by atoms with Crippen LogP contribution in [0.15, 0.2) is 27.8 Å². The Kier molecular flexibility index (Phi) is 5.38. The number of carbonyl (C=O) groups is 1. The van der Waals surface area contributed by atoms with E-state index in [1.165, 1.54) is 10.5 Å². The van der Waals surface area contributed by atoms with Gasteiger partial charge in [-0.3, -0.25) is 4.79 Å². The lowest BCUT2D eigenvalue weighted by atomic mass is 10.1. The molecular formula is C17H21N3O4S2. The summed E-state index contributed by atoms with van der Waals surface area (Å²) < 4.78 is 28.7. The molecule has 7 nitrogen and oxygen atoms in total. The van der Waals surface area contributed by atoms with Crippen LogP contribution in [-0.2, 0) is 14.6 Å². The van der Waals surface area contributed by atoms with Crippen LogP contribution < -0.4 is 0 Å². The second-order valence-corrected chi connectivity index (χ2v) is 9.68. The summed E-state index contributed by atoms with van der Waals surface area (Å²) >= 11 is 1.16. The first-order valence-corrected chi connectivity index (χ1v) is 11.1. The summed E-state index contributed by atoms with van der Waals surface area (Å²) in [6.07, 6.45) is 0.493. The molecule has 0 N–H and O–H groups in total. The summed E-state index contributed by atoms with van der Waals surface area (Å²) in [4.78, 5) is 13.8. The van der Waals surface area contributed by atoms with E-state index in [-0.39, 0.29) is 29.2 Å². The molecule has 9 heteroatoms. The monoisotopic (exact) mass is 395 g/mol. The van der Waals surface area contributed by atoms with Gasteiger partial charge < -0.3 is 9.32 Å². The number of thioether (sulfide) groups is 1. The first kappa shape index (κ1) is 18.9. The second kappa shape index (κ2) is 7.40. The number of rotatable bonds is 5. The predicted octanol–water partition coefficient (Wildman–Crippen LogP) is 2.09. The Hall–Kier alpha value is -1.87. The third kappa shape index (κ3) is 4.27. The Balaban J connectivity index is 1.59. The number of sulfone groups is 1. The van der Waals surface area contributed by atoms with Crippen LogP contribution in [0.2, 0.25) is 0 Å². The minimum Gasteiger partial charge on any atom is -0.411 e. The molecule has 1 aromatic carbocycles. The van der Waals surface area contributed by atoms with Crippen molar-refractivity contribution in [3.8, 4) is 11.5 Å². The van der Waals surface area contributed by atoms with Crippen LogP contribution in [0.25, 0.3) is 11.5 Å². The summed E-state index contributed by atoms with van der Waals surface area (Å²) in [6, 6.07) is 5.65. The molecule has 1 fully saturated rings. The zero-order chi connectivity index (χ0) is 18.9. The highest BCUT2D eigenvalue weighted by Gasteiger charge is 2.32. The number of aryl methyl sites for hydroxylation is 2. The highest BCUT2D eigenvalue weighted by atomic mass is 32.2. The molecule has 0 aliphatic carbocycles. The molecule has 1 aliphatic rings. The van der Waals surface area contributed by atoms with E-state index in [4.69, 9.17) is 4.42 Å². The van der Waals surface area contributed by atoms with Gasteiger partial charge in [-0.25, -0.2) is 8.42 Å². The van der Waals surface area contributed by atoms with Gasteiger partial charge in [-0.1, -0.05) is 17.8 Å². The first-order chi connectivity index (χ1) is 12.2. The summed E-state index contributed by atoms with van der Waals surface area (Å²) in [5, 5.41) is 8.33. The van der Waals surface area contributed by atoms with Crippen molar-refractivity contribution in [2.75, 3.05) is 24.3 Å². The van der Waals surface area contributed by atoms with Crippen molar-refractivity contribution < 1.29 is 17.6 Å². The van der Waals surface area contributed by atoms with Crippen LogP contribution >= 0.6 is 11.8 Å². The Morgan fingerprint density at radius 3 is 2.73 bits per heavy atom. The van der Waals surface area contributed by atoms with Crippen LogP contribution in [0.5, 0.6) is 0 Å². The summed E-state index contributed by atoms with van der Waals surface area (Å²) in [5.41, 5.74) is 3.16. The lowest BCUT2D eigenvalue weighted by molar-refractivity contribution is -0.128. The van der Waals surface area contributed by atoms with E-state index >= 15 is 0 Å². The third-order valence-corrected chi connectivity index (χ3v) is 7.18. The maximum atomic E-state index is 12.3. The van der Waals surface area contributed by atoms with E-state index in [2.05, 4.69) is 10.2 Å². The number of hydrogen-bond acceptors (Lipinski definition) is 7. The third-order valence-electron chi connectivity index (χ3n) is 4.63. The molecule has 0 saturated carbocycles. The Bertz CT molecular complexity index is 924. The smallest absolute Gasteiger partial charge is 0.277 e. The number of amides is 1. The van der Waals surface area contributed by atoms with Gasteiger partial charge in [0.05, 0.1) is 17.3 Å². The molecule has 0 spiro atoms. The number of hydrogen-bond donors (Lipinski definition) is 0. The lowest BCUT2D eigenvalue weighted by Gasteiger charge is -2.22. The molecule has 3 rings (SSSR count). The molecular weight excluding hydrogens is 374 g/mol. The van der Waals surface area contributed by atoms with Crippen LogP contribution in [0.4, 0.5) is 0 Å². The van der Waals surface area contributed by atoms with Crippen LogP contribution in [0.3, 0.4) is 0 Å². The number of benzene rings is 1. The molecule has 1 saturated heterocycles. The molecule has 0 radical (unpaired) electrons. The lowest BCUT2D eigenvalue weighted by Crippen LogP contribution is -2.38. The second-order valence-electron chi connectivity index (χ2n) is 6.52. The molecule has 1 aromatic heterocycles. The molecule has 2 heterocycles.